The maximum Gasteiger partial charge on any atom is 0.304 e. The maximum atomic E-state index is 11.9. The van der Waals surface area contributed by atoms with Crippen LogP contribution in [0.5, 0.6) is 0 Å². The monoisotopic (exact) mass is 414 g/mol. The second-order valence-electron chi connectivity index (χ2n) is 7.47. The predicted molar refractivity (Wildman–Crippen MR) is 110 cm³/mol. The largest absolute Gasteiger partial charge is 0.481 e. The Bertz CT molecular complexity index is 980. The summed E-state index contributed by atoms with van der Waals surface area (Å²) in [6.45, 7) is 0. The van der Waals surface area contributed by atoms with Crippen molar-refractivity contribution in [3.8, 4) is 0 Å². The van der Waals surface area contributed by atoms with Crippen LogP contribution in [0.2, 0.25) is 5.02 Å². The molecular weight excluding hydrogens is 396 g/mol. The molecule has 2 aromatic rings. The fraction of sp³-hybridized carbons (Fsp3) is 0.333. The minimum Gasteiger partial charge on any atom is -0.481 e. The van der Waals surface area contributed by atoms with Crippen LogP contribution in [-0.4, -0.2) is 37.5 Å². The average Bonchev–Trinajstić information content (AvgIpc) is 3.18. The number of benzene rings is 2. The first-order valence-corrected chi connectivity index (χ1v) is 10.6. The van der Waals surface area contributed by atoms with E-state index in [1.54, 1.807) is 24.3 Å². The number of hydrogen-bond donors (Lipinski definition) is 2. The van der Waals surface area contributed by atoms with Crippen LogP contribution in [0.1, 0.15) is 35.6 Å². The first kappa shape index (κ1) is 18.0. The van der Waals surface area contributed by atoms with Gasteiger partial charge in [0.15, 0.2) is 10.9 Å². The van der Waals surface area contributed by atoms with Gasteiger partial charge in [-0.2, -0.15) is 0 Å². The number of aliphatic imine (C=N–C) groups is 1. The second-order valence-corrected chi connectivity index (χ2v) is 9.08. The summed E-state index contributed by atoms with van der Waals surface area (Å²) in [6, 6.07) is 15.3. The first-order chi connectivity index (χ1) is 13.5. The minimum atomic E-state index is -1.43. The molecule has 1 fully saturated rings. The van der Waals surface area contributed by atoms with Gasteiger partial charge in [-0.3, -0.25) is 9.79 Å². The van der Waals surface area contributed by atoms with Gasteiger partial charge in [0.2, 0.25) is 0 Å². The molecule has 4 atom stereocenters. The van der Waals surface area contributed by atoms with Crippen LogP contribution in [0.25, 0.3) is 0 Å². The molecule has 2 heterocycles. The number of rotatable bonds is 3. The SMILES string of the molecule is O=C(O)CC1SC2=N[C@H]3c4ccccc4CC[C@@H]3N2C1(O)c1ccc(Cl)cc1. The second kappa shape index (κ2) is 6.51. The molecule has 3 aliphatic rings. The molecule has 2 unspecified atom stereocenters. The lowest BCUT2D eigenvalue weighted by molar-refractivity contribution is -0.141. The number of carboxylic acid groups (broad SMARTS) is 1. The summed E-state index contributed by atoms with van der Waals surface area (Å²) >= 11 is 7.41. The Morgan fingerprint density at radius 2 is 2.00 bits per heavy atom. The zero-order valence-electron chi connectivity index (χ0n) is 15.0. The number of thioether (sulfide) groups is 1. The Hall–Kier alpha value is -2.02. The van der Waals surface area contributed by atoms with Crippen LogP contribution in [0.4, 0.5) is 0 Å². The van der Waals surface area contributed by atoms with Crippen molar-refractivity contribution in [2.75, 3.05) is 0 Å². The van der Waals surface area contributed by atoms with Crippen molar-refractivity contribution < 1.29 is 15.0 Å². The predicted octanol–water partition coefficient (Wildman–Crippen LogP) is 3.80. The quantitative estimate of drug-likeness (QED) is 0.799. The van der Waals surface area contributed by atoms with E-state index >= 15 is 0 Å². The highest BCUT2D eigenvalue weighted by molar-refractivity contribution is 8.14. The summed E-state index contributed by atoms with van der Waals surface area (Å²) in [4.78, 5) is 18.4. The van der Waals surface area contributed by atoms with Gasteiger partial charge in [-0.05, 0) is 36.1 Å². The highest BCUT2D eigenvalue weighted by atomic mass is 35.5. The Morgan fingerprint density at radius 1 is 1.25 bits per heavy atom. The van der Waals surface area contributed by atoms with Gasteiger partial charge in [0, 0.05) is 10.6 Å². The van der Waals surface area contributed by atoms with Crippen LogP contribution < -0.4 is 0 Å². The molecule has 0 amide bonds. The number of carboxylic acids is 1. The number of aryl methyl sites for hydroxylation is 1. The Labute approximate surface area is 172 Å². The summed E-state index contributed by atoms with van der Waals surface area (Å²) in [6.07, 6.45) is 1.64. The minimum absolute atomic E-state index is 0.0110. The Balaban J connectivity index is 1.61. The van der Waals surface area contributed by atoms with Crippen molar-refractivity contribution >= 4 is 34.5 Å². The van der Waals surface area contributed by atoms with Gasteiger partial charge < -0.3 is 15.1 Å². The molecule has 28 heavy (non-hydrogen) atoms. The van der Waals surface area contributed by atoms with Crippen molar-refractivity contribution in [2.24, 2.45) is 4.99 Å². The number of fused-ring (bicyclic) bond motifs is 5. The van der Waals surface area contributed by atoms with Gasteiger partial charge in [0.05, 0.1) is 23.8 Å². The summed E-state index contributed by atoms with van der Waals surface area (Å²) < 4.78 is 0. The van der Waals surface area contributed by atoms with Gasteiger partial charge >= 0.3 is 5.97 Å². The van der Waals surface area contributed by atoms with Crippen LogP contribution in [0.3, 0.4) is 0 Å². The lowest BCUT2D eigenvalue weighted by Gasteiger charge is -2.42. The zero-order chi connectivity index (χ0) is 19.5. The van der Waals surface area contributed by atoms with E-state index in [2.05, 4.69) is 12.1 Å². The van der Waals surface area contributed by atoms with Crippen LogP contribution in [0, 0.1) is 0 Å². The van der Waals surface area contributed by atoms with Crippen molar-refractivity contribution in [1.29, 1.82) is 0 Å². The van der Waals surface area contributed by atoms with Gasteiger partial charge in [-0.25, -0.2) is 0 Å². The van der Waals surface area contributed by atoms with E-state index in [4.69, 9.17) is 16.6 Å². The van der Waals surface area contributed by atoms with Gasteiger partial charge in [0.25, 0.3) is 0 Å². The fourth-order valence-corrected chi connectivity index (χ4v) is 6.26. The van der Waals surface area contributed by atoms with E-state index in [0.717, 1.165) is 18.0 Å². The number of aliphatic hydroxyl groups is 1. The average molecular weight is 415 g/mol. The molecule has 0 spiro atoms. The normalized spacial score (nSPS) is 30.4. The molecule has 0 saturated carbocycles. The standard InChI is InChI=1S/C21H19ClN2O3S/c22-14-8-6-13(7-9-14)21(27)17(11-18(25)26)28-20-23-19-15-4-2-1-3-12(15)5-10-16(19)24(20)21/h1-4,6-9,16-17,19,27H,5,10-11H2,(H,25,26)/t16-,17?,19-,21?/m0/s1. The molecule has 0 aromatic heterocycles. The number of carbonyl (C=O) groups is 1. The van der Waals surface area contributed by atoms with Gasteiger partial charge in [-0.15, -0.1) is 0 Å². The highest BCUT2D eigenvalue weighted by Gasteiger charge is 2.59. The first-order valence-electron chi connectivity index (χ1n) is 9.30. The summed E-state index contributed by atoms with van der Waals surface area (Å²) in [5.74, 6) is -0.933. The van der Waals surface area contributed by atoms with E-state index in [1.165, 1.54) is 22.9 Å². The smallest absolute Gasteiger partial charge is 0.304 e. The molecule has 2 aromatic carbocycles. The third-order valence-electron chi connectivity index (χ3n) is 5.93. The summed E-state index contributed by atoms with van der Waals surface area (Å²) in [5, 5.41) is 22.1. The van der Waals surface area contributed by atoms with E-state index < -0.39 is 16.9 Å². The lowest BCUT2D eigenvalue weighted by atomic mass is 9.83. The lowest BCUT2D eigenvalue weighted by Crippen LogP contribution is -2.53. The van der Waals surface area contributed by atoms with Crippen molar-refractivity contribution in [2.45, 2.75) is 42.3 Å². The van der Waals surface area contributed by atoms with Gasteiger partial charge in [0.1, 0.15) is 0 Å². The molecule has 2 N–H and O–H groups in total. The summed E-state index contributed by atoms with van der Waals surface area (Å²) in [7, 11) is 0. The van der Waals surface area contributed by atoms with Crippen molar-refractivity contribution in [1.82, 2.24) is 4.90 Å². The molecule has 5 nitrogen and oxygen atoms in total. The number of nitrogens with zero attached hydrogens (tertiary/aromatic N) is 2. The topological polar surface area (TPSA) is 73.1 Å². The molecule has 1 saturated heterocycles. The third-order valence-corrected chi connectivity index (χ3v) is 7.47. The van der Waals surface area contributed by atoms with Crippen LogP contribution in [-0.2, 0) is 16.9 Å². The Kier molecular flexibility index (Phi) is 4.19. The molecule has 1 aliphatic carbocycles. The molecule has 0 radical (unpaired) electrons. The van der Waals surface area contributed by atoms with E-state index in [-0.39, 0.29) is 18.5 Å². The molecule has 5 rings (SSSR count). The molecule has 0 bridgehead atoms. The summed E-state index contributed by atoms with van der Waals surface area (Å²) in [5.41, 5.74) is 1.73. The highest BCUT2D eigenvalue weighted by Crippen LogP contribution is 2.55. The number of aliphatic carboxylic acids is 1. The molecular formula is C21H19ClN2O3S. The van der Waals surface area contributed by atoms with Crippen molar-refractivity contribution in [3.63, 3.8) is 0 Å². The fourth-order valence-electron chi connectivity index (χ4n) is 4.68. The number of halogens is 1. The van der Waals surface area contributed by atoms with Gasteiger partial charge in [-0.1, -0.05) is 59.8 Å². The third kappa shape index (κ3) is 2.59. The Morgan fingerprint density at radius 3 is 2.75 bits per heavy atom. The number of hydrogen-bond acceptors (Lipinski definition) is 5. The number of amidine groups is 1. The molecule has 2 aliphatic heterocycles. The van der Waals surface area contributed by atoms with Crippen LogP contribution >= 0.6 is 23.4 Å². The van der Waals surface area contributed by atoms with Crippen LogP contribution in [0.15, 0.2) is 53.5 Å². The maximum absolute atomic E-state index is 11.9. The molecule has 7 heteroatoms. The van der Waals surface area contributed by atoms with Crippen molar-refractivity contribution in [3.05, 3.63) is 70.2 Å². The van der Waals surface area contributed by atoms with E-state index in [9.17, 15) is 15.0 Å². The van der Waals surface area contributed by atoms with E-state index in [1.807, 2.05) is 17.0 Å². The zero-order valence-corrected chi connectivity index (χ0v) is 16.5. The molecule has 144 valence electrons. The van der Waals surface area contributed by atoms with E-state index in [0.29, 0.717) is 10.6 Å².